The molecule has 1 fully saturated rings. The first-order valence-corrected chi connectivity index (χ1v) is 12.6. The quantitative estimate of drug-likeness (QED) is 0.408. The van der Waals surface area contributed by atoms with Gasteiger partial charge in [0.2, 0.25) is 5.95 Å². The second kappa shape index (κ2) is 8.52. The Morgan fingerprint density at radius 1 is 1.19 bits per heavy atom. The Morgan fingerprint density at radius 2 is 2.00 bits per heavy atom. The van der Waals surface area contributed by atoms with E-state index in [2.05, 4.69) is 52.1 Å². The maximum absolute atomic E-state index is 13.2. The monoisotopic (exact) mass is 498 g/mol. The Bertz CT molecular complexity index is 1660. The van der Waals surface area contributed by atoms with Gasteiger partial charge in [-0.25, -0.2) is 19.0 Å². The predicted molar refractivity (Wildman–Crippen MR) is 143 cm³/mol. The fraction of sp³-hybridized carbons (Fsp3) is 0.370. The molecule has 3 aromatic heterocycles. The third-order valence-electron chi connectivity index (χ3n) is 7.30. The smallest absolute Gasteiger partial charge is 0.278 e. The van der Waals surface area contributed by atoms with Gasteiger partial charge in [-0.1, -0.05) is 12.1 Å². The van der Waals surface area contributed by atoms with Crippen molar-refractivity contribution >= 4 is 22.7 Å². The van der Waals surface area contributed by atoms with Crippen LogP contribution in [0.1, 0.15) is 43.9 Å². The Labute approximate surface area is 213 Å². The maximum Gasteiger partial charge on any atom is 0.278 e. The van der Waals surface area contributed by atoms with E-state index in [-0.39, 0.29) is 29.1 Å². The van der Waals surface area contributed by atoms with E-state index in [0.29, 0.717) is 22.8 Å². The molecule has 10 heteroatoms. The fourth-order valence-corrected chi connectivity index (χ4v) is 5.45. The lowest BCUT2D eigenvalue weighted by atomic mass is 9.87. The van der Waals surface area contributed by atoms with E-state index >= 15 is 0 Å². The van der Waals surface area contributed by atoms with Gasteiger partial charge in [0.05, 0.1) is 12.6 Å². The number of nitrogens with zero attached hydrogens (tertiary/aromatic N) is 7. The summed E-state index contributed by atoms with van der Waals surface area (Å²) in [4.78, 5) is 37.1. The van der Waals surface area contributed by atoms with Gasteiger partial charge in [-0.05, 0) is 63.1 Å². The van der Waals surface area contributed by atoms with Crippen molar-refractivity contribution in [2.75, 3.05) is 18.9 Å². The Kier molecular flexibility index (Phi) is 5.38. The van der Waals surface area contributed by atoms with Crippen LogP contribution in [0.3, 0.4) is 0 Å². The molecule has 0 saturated heterocycles. The zero-order chi connectivity index (χ0) is 25.9. The van der Waals surface area contributed by atoms with Crippen molar-refractivity contribution in [2.24, 2.45) is 0 Å². The fourth-order valence-electron chi connectivity index (χ4n) is 5.45. The van der Waals surface area contributed by atoms with Crippen LogP contribution in [0.25, 0.3) is 16.9 Å². The molecule has 1 aliphatic carbocycles. The van der Waals surface area contributed by atoms with E-state index in [9.17, 15) is 9.59 Å². The lowest BCUT2D eigenvalue weighted by Crippen LogP contribution is -2.35. The van der Waals surface area contributed by atoms with E-state index in [1.807, 2.05) is 13.8 Å². The minimum Gasteiger partial charge on any atom is -0.324 e. The first-order chi connectivity index (χ1) is 17.8. The van der Waals surface area contributed by atoms with E-state index < -0.39 is 0 Å². The summed E-state index contributed by atoms with van der Waals surface area (Å²) in [5.41, 5.74) is 3.90. The molecule has 0 radical (unpaired) electrons. The third-order valence-corrected chi connectivity index (χ3v) is 7.30. The van der Waals surface area contributed by atoms with Crippen LogP contribution < -0.4 is 16.4 Å². The molecule has 1 N–H and O–H groups in total. The average molecular weight is 499 g/mol. The minimum absolute atomic E-state index is 0.140. The highest BCUT2D eigenvalue weighted by Crippen LogP contribution is 2.52. The predicted octanol–water partition coefficient (Wildman–Crippen LogP) is 3.13. The Morgan fingerprint density at radius 3 is 2.73 bits per heavy atom. The molecule has 2 aliphatic rings. The van der Waals surface area contributed by atoms with Crippen LogP contribution in [0.5, 0.6) is 0 Å². The molecular formula is C27H30N8O2. The molecule has 37 heavy (non-hydrogen) atoms. The topological polar surface area (TPSA) is 103 Å². The lowest BCUT2D eigenvalue weighted by molar-refractivity contribution is 0.271. The molecule has 1 aromatic carbocycles. The van der Waals surface area contributed by atoms with E-state index in [1.165, 1.54) is 45.6 Å². The third kappa shape index (κ3) is 3.88. The summed E-state index contributed by atoms with van der Waals surface area (Å²) < 4.78 is 4.52. The van der Waals surface area contributed by atoms with Gasteiger partial charge >= 0.3 is 0 Å². The van der Waals surface area contributed by atoms with Crippen molar-refractivity contribution in [1.29, 1.82) is 0 Å². The maximum atomic E-state index is 13.2. The number of allylic oxidation sites excluding steroid dienone is 1. The summed E-state index contributed by atoms with van der Waals surface area (Å²) in [6, 6.07) is 9.37. The number of aromatic nitrogens is 6. The summed E-state index contributed by atoms with van der Waals surface area (Å²) in [6.45, 7) is 9.85. The van der Waals surface area contributed by atoms with Crippen molar-refractivity contribution in [3.05, 3.63) is 81.0 Å². The van der Waals surface area contributed by atoms with Gasteiger partial charge in [0, 0.05) is 36.5 Å². The lowest BCUT2D eigenvalue weighted by Gasteiger charge is -2.32. The summed E-state index contributed by atoms with van der Waals surface area (Å²) in [5, 5.41) is 8.24. The molecule has 10 nitrogen and oxygen atoms in total. The van der Waals surface area contributed by atoms with E-state index in [4.69, 9.17) is 4.98 Å². The van der Waals surface area contributed by atoms with Gasteiger partial charge in [0.1, 0.15) is 5.39 Å². The van der Waals surface area contributed by atoms with Gasteiger partial charge in [-0.3, -0.25) is 9.59 Å². The number of nitrogens with one attached hydrogen (secondary N) is 1. The largest absolute Gasteiger partial charge is 0.324 e. The van der Waals surface area contributed by atoms with Gasteiger partial charge in [0.15, 0.2) is 11.5 Å². The Hall–Kier alpha value is -4.05. The molecule has 190 valence electrons. The molecule has 4 aromatic rings. The molecule has 0 amide bonds. The number of benzene rings is 1. The minimum atomic E-state index is -0.251. The normalized spacial score (nSPS) is 16.3. The molecule has 6 rings (SSSR count). The van der Waals surface area contributed by atoms with Crippen molar-refractivity contribution in [3.8, 4) is 5.82 Å². The van der Waals surface area contributed by atoms with Gasteiger partial charge in [0.25, 0.3) is 11.1 Å². The number of hydrogen-bond donors (Lipinski definition) is 1. The molecule has 1 spiro atoms. The highest BCUT2D eigenvalue weighted by atomic mass is 16.1. The van der Waals surface area contributed by atoms with E-state index in [0.717, 1.165) is 18.8 Å². The zero-order valence-corrected chi connectivity index (χ0v) is 21.3. The second-order valence-corrected chi connectivity index (χ2v) is 10.4. The average Bonchev–Trinajstić information content (AvgIpc) is 3.58. The highest BCUT2D eigenvalue weighted by Gasteiger charge is 2.48. The van der Waals surface area contributed by atoms with Crippen LogP contribution in [0, 0.1) is 0 Å². The van der Waals surface area contributed by atoms with Crippen molar-refractivity contribution in [2.45, 2.75) is 51.2 Å². The zero-order valence-electron chi connectivity index (χ0n) is 21.3. The summed E-state index contributed by atoms with van der Waals surface area (Å²) in [6.07, 6.45) is 5.60. The summed E-state index contributed by atoms with van der Waals surface area (Å²) in [7, 11) is 2.18. The molecule has 1 aliphatic heterocycles. The number of fused-ring (bicyclic) bond motifs is 3. The van der Waals surface area contributed by atoms with Crippen LogP contribution in [0.4, 0.5) is 11.6 Å². The van der Waals surface area contributed by atoms with E-state index in [1.54, 1.807) is 16.8 Å². The second-order valence-electron chi connectivity index (χ2n) is 10.4. The standard InChI is InChI=1S/C27H30N8O2/c1-5-12-33-25(37)20-14-28-26(30-24(20)35(33)22-8-9-23(36)34(31-22)17(2)3)29-19-7-6-18-15-32(4)16-27(10-11-27)21(18)13-19/h5-9,13-14,17H,1,10-12,15-16H2,2-4H3,(H,28,29,30). The number of hydrogen-bond acceptors (Lipinski definition) is 7. The van der Waals surface area contributed by atoms with Gasteiger partial charge in [-0.15, -0.1) is 11.7 Å². The summed E-state index contributed by atoms with van der Waals surface area (Å²) in [5.74, 6) is 0.799. The summed E-state index contributed by atoms with van der Waals surface area (Å²) >= 11 is 0. The first kappa shape index (κ1) is 23.4. The van der Waals surface area contributed by atoms with Crippen molar-refractivity contribution < 1.29 is 0 Å². The highest BCUT2D eigenvalue weighted by molar-refractivity contribution is 5.77. The number of likely N-dealkylation sites (N-methyl/N-ethyl adjacent to an activating group) is 1. The Balaban J connectivity index is 1.45. The van der Waals surface area contributed by atoms with Gasteiger partial charge in [-0.2, -0.15) is 4.98 Å². The van der Waals surface area contributed by atoms with Crippen LogP contribution >= 0.6 is 0 Å². The molecule has 0 unspecified atom stereocenters. The van der Waals surface area contributed by atoms with Crippen molar-refractivity contribution in [1.82, 2.24) is 34.0 Å². The SMILES string of the molecule is C=CCn1c(=O)c2cnc(Nc3ccc4c(c3)C3(CC3)CN(C)C4)nc2n1-c1ccc(=O)n(C(C)C)n1. The van der Waals surface area contributed by atoms with Crippen LogP contribution in [0.2, 0.25) is 0 Å². The molecule has 4 heterocycles. The number of anilines is 2. The van der Waals surface area contributed by atoms with Crippen LogP contribution in [0.15, 0.2) is 58.8 Å². The molecule has 0 atom stereocenters. The van der Waals surface area contributed by atoms with Crippen LogP contribution in [-0.4, -0.2) is 47.6 Å². The van der Waals surface area contributed by atoms with Crippen molar-refractivity contribution in [3.63, 3.8) is 0 Å². The molecular weight excluding hydrogens is 468 g/mol. The molecule has 1 saturated carbocycles. The van der Waals surface area contributed by atoms with Gasteiger partial charge < -0.3 is 10.2 Å². The van der Waals surface area contributed by atoms with Crippen LogP contribution in [-0.2, 0) is 18.5 Å². The molecule has 0 bridgehead atoms. The first-order valence-electron chi connectivity index (χ1n) is 12.6. The number of rotatable bonds is 6.